The molecule has 3 aromatic carbocycles. The first-order valence-corrected chi connectivity index (χ1v) is 15.6. The number of aliphatic hydroxyl groups is 1. The fraction of sp³-hybridized carbons (Fsp3) is 0.355. The molecule has 0 fully saturated rings. The summed E-state index contributed by atoms with van der Waals surface area (Å²) in [5.41, 5.74) is 5.85. The minimum Gasteiger partial charge on any atom is -0.494 e. The average Bonchev–Trinajstić information content (AvgIpc) is 3.46. The van der Waals surface area contributed by atoms with Crippen LogP contribution in [0, 0.1) is 0 Å². The van der Waals surface area contributed by atoms with E-state index in [1.54, 1.807) is 42.5 Å². The maximum atomic E-state index is 13.6. The molecule has 3 aromatic rings. The maximum absolute atomic E-state index is 13.6. The van der Waals surface area contributed by atoms with Crippen molar-refractivity contribution >= 4 is 21.6 Å². The lowest BCUT2D eigenvalue weighted by molar-refractivity contribution is -0.127. The molecule has 0 saturated heterocycles. The number of carbonyl (C=O) groups is 1. The predicted molar refractivity (Wildman–Crippen MR) is 159 cm³/mol. The van der Waals surface area contributed by atoms with Crippen LogP contribution >= 0.6 is 0 Å². The third kappa shape index (κ3) is 8.09. The highest BCUT2D eigenvalue weighted by Crippen LogP contribution is 2.28. The third-order valence-electron chi connectivity index (χ3n) is 6.74. The summed E-state index contributed by atoms with van der Waals surface area (Å²) < 4.78 is 43.3. The molecule has 0 unspecified atom stereocenters. The van der Waals surface area contributed by atoms with E-state index in [0.717, 1.165) is 11.3 Å². The lowest BCUT2D eigenvalue weighted by atomic mass is 9.98. The molecule has 224 valence electrons. The van der Waals surface area contributed by atoms with Crippen LogP contribution in [0.25, 0.3) is 0 Å². The number of hydrogen-bond acceptors (Lipinski definition) is 9. The van der Waals surface area contributed by atoms with Gasteiger partial charge in [-0.1, -0.05) is 36.4 Å². The lowest BCUT2D eigenvalue weighted by Gasteiger charge is -2.23. The van der Waals surface area contributed by atoms with Crippen LogP contribution in [0.5, 0.6) is 11.5 Å². The molecule has 0 aromatic heterocycles. The number of amides is 1. The molecule has 0 radical (unpaired) electrons. The highest BCUT2D eigenvalue weighted by Gasteiger charge is 2.45. The van der Waals surface area contributed by atoms with Gasteiger partial charge in [-0.2, -0.15) is 0 Å². The van der Waals surface area contributed by atoms with Crippen molar-refractivity contribution in [3.8, 4) is 11.5 Å². The molecule has 10 nitrogen and oxygen atoms in total. The van der Waals surface area contributed by atoms with Gasteiger partial charge in [-0.05, 0) is 67.8 Å². The molecule has 1 aliphatic heterocycles. The normalized spacial score (nSPS) is 16.4. The van der Waals surface area contributed by atoms with Gasteiger partial charge in [0.05, 0.1) is 23.9 Å². The Morgan fingerprint density at radius 1 is 1.02 bits per heavy atom. The van der Waals surface area contributed by atoms with Crippen molar-refractivity contribution in [1.82, 2.24) is 10.9 Å². The van der Waals surface area contributed by atoms with Crippen LogP contribution < -0.4 is 20.3 Å². The smallest absolute Gasteiger partial charge is 0.265 e. The number of hydrogen-bond donors (Lipinski definition) is 3. The van der Waals surface area contributed by atoms with Crippen molar-refractivity contribution in [2.45, 2.75) is 36.6 Å². The van der Waals surface area contributed by atoms with Gasteiger partial charge >= 0.3 is 0 Å². The van der Waals surface area contributed by atoms with Crippen LogP contribution in [0.2, 0.25) is 0 Å². The van der Waals surface area contributed by atoms with Gasteiger partial charge < -0.3 is 19.3 Å². The molecule has 0 aliphatic carbocycles. The minimum absolute atomic E-state index is 0.0439. The zero-order valence-electron chi connectivity index (χ0n) is 23.6. The molecule has 11 heteroatoms. The maximum Gasteiger partial charge on any atom is 0.265 e. The number of hydrazine groups is 1. The zero-order chi connectivity index (χ0) is 29.8. The SMILES string of the molecule is CCOc1ccccc1CCNNC(=O)[C@]1(CCS(=O)(=O)c2ccccc2)COC(c2ccc(OCCCO)cc2)=N1. The van der Waals surface area contributed by atoms with E-state index in [0.29, 0.717) is 43.9 Å². The number of rotatable bonds is 16. The predicted octanol–water partition coefficient (Wildman–Crippen LogP) is 3.09. The lowest BCUT2D eigenvalue weighted by Crippen LogP contribution is -2.52. The number of nitrogens with zero attached hydrogens (tertiary/aromatic N) is 1. The number of aliphatic imine (C=N–C) groups is 1. The van der Waals surface area contributed by atoms with Crippen LogP contribution in [0.1, 0.15) is 30.9 Å². The van der Waals surface area contributed by atoms with Gasteiger partial charge in [0.25, 0.3) is 5.91 Å². The standard InChI is InChI=1S/C31H37N3O7S/c1-2-39-28-12-7-6-9-24(28)17-19-32-34-30(36)31(18-22-42(37,38)27-10-4-3-5-11-27)23-41-29(33-31)25-13-15-26(16-14-25)40-21-8-20-35/h3-7,9-16,32,35H,2,8,17-23H2,1H3,(H,34,36)/t31-/m0/s1. The van der Waals surface area contributed by atoms with E-state index in [-0.39, 0.29) is 36.2 Å². The first-order chi connectivity index (χ1) is 20.4. The highest BCUT2D eigenvalue weighted by molar-refractivity contribution is 7.91. The number of ether oxygens (including phenoxy) is 3. The average molecular weight is 596 g/mol. The Morgan fingerprint density at radius 2 is 1.76 bits per heavy atom. The molecule has 1 aliphatic rings. The monoisotopic (exact) mass is 595 g/mol. The molecule has 0 spiro atoms. The van der Waals surface area contributed by atoms with E-state index in [1.165, 1.54) is 12.1 Å². The quantitative estimate of drug-likeness (QED) is 0.170. The molecule has 0 saturated carbocycles. The molecule has 4 rings (SSSR count). The van der Waals surface area contributed by atoms with E-state index in [4.69, 9.17) is 19.3 Å². The Hall–Kier alpha value is -3.93. The van der Waals surface area contributed by atoms with E-state index < -0.39 is 21.3 Å². The summed E-state index contributed by atoms with van der Waals surface area (Å²) in [5.74, 6) is 0.889. The van der Waals surface area contributed by atoms with Gasteiger partial charge in [0.1, 0.15) is 18.1 Å². The van der Waals surface area contributed by atoms with Crippen molar-refractivity contribution in [2.24, 2.45) is 4.99 Å². The van der Waals surface area contributed by atoms with E-state index in [2.05, 4.69) is 15.8 Å². The van der Waals surface area contributed by atoms with Crippen LogP contribution in [0.4, 0.5) is 0 Å². The molecule has 1 atom stereocenters. The molecule has 1 heterocycles. The van der Waals surface area contributed by atoms with E-state index >= 15 is 0 Å². The van der Waals surface area contributed by atoms with E-state index in [1.807, 2.05) is 31.2 Å². The van der Waals surface area contributed by atoms with Gasteiger partial charge in [0.15, 0.2) is 15.4 Å². The van der Waals surface area contributed by atoms with Crippen LogP contribution in [0.3, 0.4) is 0 Å². The van der Waals surface area contributed by atoms with Crippen molar-refractivity contribution in [3.05, 3.63) is 90.0 Å². The first-order valence-electron chi connectivity index (χ1n) is 14.0. The Bertz CT molecular complexity index is 1450. The van der Waals surface area contributed by atoms with Crippen molar-refractivity contribution < 1.29 is 32.5 Å². The topological polar surface area (TPSA) is 136 Å². The van der Waals surface area contributed by atoms with Gasteiger partial charge in [0, 0.05) is 25.1 Å². The molecular formula is C31H37N3O7S. The van der Waals surface area contributed by atoms with Crippen LogP contribution in [-0.2, 0) is 25.8 Å². The molecule has 0 bridgehead atoms. The van der Waals surface area contributed by atoms with Crippen LogP contribution in [-0.4, -0.2) is 69.6 Å². The summed E-state index contributed by atoms with van der Waals surface area (Å²) in [6.07, 6.45) is 1.05. The number of aliphatic hydroxyl groups excluding tert-OH is 1. The van der Waals surface area contributed by atoms with Crippen molar-refractivity contribution in [1.29, 1.82) is 0 Å². The number of nitrogens with one attached hydrogen (secondary N) is 2. The van der Waals surface area contributed by atoms with Gasteiger partial charge in [-0.3, -0.25) is 10.2 Å². The third-order valence-corrected chi connectivity index (χ3v) is 8.47. The second-order valence-electron chi connectivity index (χ2n) is 9.74. The highest BCUT2D eigenvalue weighted by atomic mass is 32.2. The summed E-state index contributed by atoms with van der Waals surface area (Å²) in [6.45, 7) is 3.21. The minimum atomic E-state index is -3.66. The van der Waals surface area contributed by atoms with E-state index in [9.17, 15) is 13.2 Å². The number of para-hydroxylation sites is 1. The number of sulfone groups is 1. The molecule has 3 N–H and O–H groups in total. The fourth-order valence-electron chi connectivity index (χ4n) is 4.41. The first kappa shape index (κ1) is 31.0. The zero-order valence-corrected chi connectivity index (χ0v) is 24.4. The van der Waals surface area contributed by atoms with Crippen molar-refractivity contribution in [3.63, 3.8) is 0 Å². The Morgan fingerprint density at radius 3 is 2.50 bits per heavy atom. The molecule has 1 amide bonds. The Balaban J connectivity index is 1.48. The summed E-state index contributed by atoms with van der Waals surface area (Å²) in [5, 5.41) is 8.94. The summed E-state index contributed by atoms with van der Waals surface area (Å²) in [4.78, 5) is 18.4. The molecule has 42 heavy (non-hydrogen) atoms. The summed E-state index contributed by atoms with van der Waals surface area (Å²) >= 11 is 0. The van der Waals surface area contributed by atoms with Gasteiger partial charge in [-0.15, -0.1) is 0 Å². The number of carbonyl (C=O) groups excluding carboxylic acids is 1. The van der Waals surface area contributed by atoms with Gasteiger partial charge in [0.2, 0.25) is 5.90 Å². The summed E-state index contributed by atoms with van der Waals surface area (Å²) in [7, 11) is -3.66. The fourth-order valence-corrected chi connectivity index (χ4v) is 5.83. The van der Waals surface area contributed by atoms with Crippen molar-refractivity contribution in [2.75, 3.05) is 38.7 Å². The summed E-state index contributed by atoms with van der Waals surface area (Å²) in [6, 6.07) is 22.9. The second-order valence-corrected chi connectivity index (χ2v) is 11.8. The largest absolute Gasteiger partial charge is 0.494 e. The Kier molecular flexibility index (Phi) is 10.9. The number of benzene rings is 3. The molecular weight excluding hydrogens is 558 g/mol. The van der Waals surface area contributed by atoms with Gasteiger partial charge in [-0.25, -0.2) is 18.8 Å². The van der Waals surface area contributed by atoms with Crippen LogP contribution in [0.15, 0.2) is 88.8 Å². The Labute approximate surface area is 246 Å². The second kappa shape index (κ2) is 14.8.